The average Bonchev–Trinajstić information content (AvgIpc) is 3.05. The zero-order chi connectivity index (χ0) is 17.8. The highest BCUT2D eigenvalue weighted by Crippen LogP contribution is 2.45. The Hall–Kier alpha value is -1.63. The number of likely N-dealkylation sites (tertiary alicyclic amines) is 1. The Kier molecular flexibility index (Phi) is 4.32. The third kappa shape index (κ3) is 2.41. The van der Waals surface area contributed by atoms with Crippen molar-refractivity contribution in [2.24, 2.45) is 11.8 Å². The zero-order valence-electron chi connectivity index (χ0n) is 13.3. The van der Waals surface area contributed by atoms with Gasteiger partial charge in [-0.3, -0.25) is 24.6 Å². The van der Waals surface area contributed by atoms with E-state index < -0.39 is 29.9 Å². The number of benzene rings is 1. The van der Waals surface area contributed by atoms with Crippen LogP contribution in [-0.4, -0.2) is 42.9 Å². The van der Waals surface area contributed by atoms with Crippen LogP contribution < -0.4 is 5.32 Å². The van der Waals surface area contributed by atoms with Crippen molar-refractivity contribution in [3.05, 3.63) is 33.3 Å². The quantitative estimate of drug-likeness (QED) is 0.633. The van der Waals surface area contributed by atoms with Gasteiger partial charge < -0.3 is 4.74 Å². The van der Waals surface area contributed by atoms with Crippen molar-refractivity contribution in [2.45, 2.75) is 19.0 Å². The molecule has 0 aromatic heterocycles. The van der Waals surface area contributed by atoms with Crippen molar-refractivity contribution in [1.82, 2.24) is 10.2 Å². The summed E-state index contributed by atoms with van der Waals surface area (Å²) in [6, 6.07) is 1.97. The first-order chi connectivity index (χ1) is 11.3. The van der Waals surface area contributed by atoms with Crippen LogP contribution in [0.15, 0.2) is 12.1 Å². The topological polar surface area (TPSA) is 75.7 Å². The second-order valence-electron chi connectivity index (χ2n) is 6.04. The summed E-state index contributed by atoms with van der Waals surface area (Å²) in [6.45, 7) is 1.79. The Bertz CT molecular complexity index is 729. The van der Waals surface area contributed by atoms with Crippen LogP contribution in [0.5, 0.6) is 0 Å². The number of carbonyl (C=O) groups excluding carboxylic acids is 3. The molecule has 0 bridgehead atoms. The van der Waals surface area contributed by atoms with Gasteiger partial charge in [0.25, 0.3) is 0 Å². The fraction of sp³-hybridized carbons (Fsp3) is 0.438. The predicted octanol–water partition coefficient (Wildman–Crippen LogP) is 1.72. The van der Waals surface area contributed by atoms with Gasteiger partial charge in [0, 0.05) is 23.1 Å². The molecule has 128 valence electrons. The Morgan fingerprint density at radius 1 is 1.17 bits per heavy atom. The molecule has 4 atom stereocenters. The summed E-state index contributed by atoms with van der Waals surface area (Å²) in [5.74, 6) is -2.78. The van der Waals surface area contributed by atoms with Crippen LogP contribution in [0.3, 0.4) is 0 Å². The highest BCUT2D eigenvalue weighted by Gasteiger charge is 2.60. The largest absolute Gasteiger partial charge is 0.468 e. The highest BCUT2D eigenvalue weighted by molar-refractivity contribution is 6.36. The van der Waals surface area contributed by atoms with Crippen LogP contribution in [-0.2, 0) is 19.1 Å². The maximum atomic E-state index is 12.5. The number of halogens is 2. The number of hydrogen-bond donors (Lipinski definition) is 1. The number of ether oxygens (including phenoxy) is 1. The van der Waals surface area contributed by atoms with Crippen molar-refractivity contribution in [2.75, 3.05) is 14.2 Å². The number of imide groups is 1. The molecule has 2 heterocycles. The van der Waals surface area contributed by atoms with E-state index in [0.717, 1.165) is 10.5 Å². The van der Waals surface area contributed by atoms with Crippen LogP contribution in [0.2, 0.25) is 10.0 Å². The van der Waals surface area contributed by atoms with Crippen molar-refractivity contribution < 1.29 is 19.1 Å². The summed E-state index contributed by atoms with van der Waals surface area (Å²) < 4.78 is 4.78. The van der Waals surface area contributed by atoms with Crippen LogP contribution in [0.25, 0.3) is 0 Å². The van der Waals surface area contributed by atoms with E-state index in [-0.39, 0.29) is 11.8 Å². The smallest absolute Gasteiger partial charge is 0.323 e. The lowest BCUT2D eigenvalue weighted by Gasteiger charge is -2.20. The molecule has 0 aliphatic carbocycles. The molecule has 1 N–H and O–H groups in total. The molecule has 3 rings (SSSR count). The van der Waals surface area contributed by atoms with Crippen LogP contribution >= 0.6 is 23.2 Å². The molecule has 0 unspecified atom stereocenters. The predicted molar refractivity (Wildman–Crippen MR) is 87.6 cm³/mol. The number of esters is 1. The minimum Gasteiger partial charge on any atom is -0.468 e. The van der Waals surface area contributed by atoms with Crippen molar-refractivity contribution >= 4 is 41.0 Å². The Morgan fingerprint density at radius 3 is 2.25 bits per heavy atom. The normalized spacial score (nSPS) is 29.1. The second-order valence-corrected chi connectivity index (χ2v) is 6.86. The van der Waals surface area contributed by atoms with Gasteiger partial charge in [0.2, 0.25) is 11.8 Å². The summed E-state index contributed by atoms with van der Waals surface area (Å²) in [6.07, 6.45) is 0. The van der Waals surface area contributed by atoms with E-state index in [9.17, 15) is 14.4 Å². The van der Waals surface area contributed by atoms with E-state index in [1.807, 2.05) is 0 Å². The Balaban J connectivity index is 2.07. The standard InChI is InChI=1S/C16H16Cl2N2O4/c1-6-8(17)4-7(5-9(6)18)12-10-11(13(19-12)16(23)24-3)15(22)20(2)14(10)21/h4-5,10-13,19H,1-3H3/t10-,11+,12-,13-/m0/s1. The lowest BCUT2D eigenvalue weighted by molar-refractivity contribution is -0.147. The molecular formula is C16H16Cl2N2O4. The minimum absolute atomic E-state index is 0.332. The van der Waals surface area contributed by atoms with Crippen LogP contribution in [0, 0.1) is 18.8 Å². The molecule has 8 heteroatoms. The lowest BCUT2D eigenvalue weighted by Crippen LogP contribution is -2.42. The highest BCUT2D eigenvalue weighted by atomic mass is 35.5. The molecule has 6 nitrogen and oxygen atoms in total. The van der Waals surface area contributed by atoms with Gasteiger partial charge in [-0.1, -0.05) is 23.2 Å². The molecule has 0 spiro atoms. The Morgan fingerprint density at radius 2 is 1.71 bits per heavy atom. The summed E-state index contributed by atoms with van der Waals surface area (Å²) >= 11 is 12.4. The van der Waals surface area contributed by atoms with E-state index >= 15 is 0 Å². The fourth-order valence-corrected chi connectivity index (χ4v) is 3.96. The number of nitrogens with zero attached hydrogens (tertiary/aromatic N) is 1. The van der Waals surface area contributed by atoms with Crippen molar-refractivity contribution in [3.63, 3.8) is 0 Å². The third-order valence-electron chi connectivity index (χ3n) is 4.81. The minimum atomic E-state index is -0.884. The summed E-state index contributed by atoms with van der Waals surface area (Å²) in [7, 11) is 2.67. The van der Waals surface area contributed by atoms with Gasteiger partial charge >= 0.3 is 5.97 Å². The SMILES string of the molecule is COC(=O)[C@H]1N[C@@H](c2cc(Cl)c(C)c(Cl)c2)[C@H]2C(=O)N(C)C(=O)[C@H]21. The van der Waals surface area contributed by atoms with Gasteiger partial charge in [-0.2, -0.15) is 0 Å². The summed E-state index contributed by atoms with van der Waals surface area (Å²) in [5, 5.41) is 3.98. The third-order valence-corrected chi connectivity index (χ3v) is 5.60. The molecule has 2 amide bonds. The molecule has 1 aromatic carbocycles. The first kappa shape index (κ1) is 17.2. The molecule has 24 heavy (non-hydrogen) atoms. The number of rotatable bonds is 2. The van der Waals surface area contributed by atoms with Gasteiger partial charge in [-0.25, -0.2) is 0 Å². The zero-order valence-corrected chi connectivity index (χ0v) is 14.8. The number of fused-ring (bicyclic) bond motifs is 1. The molecule has 2 saturated heterocycles. The molecule has 1 aromatic rings. The summed E-state index contributed by atoms with van der Waals surface area (Å²) in [5.41, 5.74) is 1.39. The second kappa shape index (κ2) is 6.02. The van der Waals surface area contributed by atoms with Gasteiger partial charge in [0.1, 0.15) is 6.04 Å². The Labute approximate surface area is 149 Å². The van der Waals surface area contributed by atoms with Gasteiger partial charge in [0.15, 0.2) is 0 Å². The van der Waals surface area contributed by atoms with Crippen LogP contribution in [0.4, 0.5) is 0 Å². The first-order valence-electron chi connectivity index (χ1n) is 7.38. The maximum Gasteiger partial charge on any atom is 0.323 e. The van der Waals surface area contributed by atoms with E-state index in [4.69, 9.17) is 27.9 Å². The fourth-order valence-electron chi connectivity index (χ4n) is 3.45. The average molecular weight is 371 g/mol. The number of methoxy groups -OCH3 is 1. The number of nitrogens with one attached hydrogen (secondary N) is 1. The monoisotopic (exact) mass is 370 g/mol. The summed E-state index contributed by atoms with van der Waals surface area (Å²) in [4.78, 5) is 38.0. The number of carbonyl (C=O) groups is 3. The molecule has 2 aliphatic rings. The van der Waals surface area contributed by atoms with E-state index in [1.165, 1.54) is 14.2 Å². The van der Waals surface area contributed by atoms with Gasteiger partial charge in [-0.05, 0) is 30.2 Å². The molecule has 2 aliphatic heterocycles. The van der Waals surface area contributed by atoms with E-state index in [2.05, 4.69) is 5.32 Å². The molecule has 2 fully saturated rings. The number of amides is 2. The molecule has 0 radical (unpaired) electrons. The van der Waals surface area contributed by atoms with E-state index in [1.54, 1.807) is 19.1 Å². The van der Waals surface area contributed by atoms with Gasteiger partial charge in [-0.15, -0.1) is 0 Å². The first-order valence-corrected chi connectivity index (χ1v) is 8.14. The van der Waals surface area contributed by atoms with Crippen molar-refractivity contribution in [3.8, 4) is 0 Å². The maximum absolute atomic E-state index is 12.5. The number of hydrogen-bond acceptors (Lipinski definition) is 5. The molecule has 0 saturated carbocycles. The van der Waals surface area contributed by atoms with Gasteiger partial charge in [0.05, 0.1) is 18.9 Å². The van der Waals surface area contributed by atoms with Crippen LogP contribution in [0.1, 0.15) is 17.2 Å². The van der Waals surface area contributed by atoms with Crippen molar-refractivity contribution in [1.29, 1.82) is 0 Å². The lowest BCUT2D eigenvalue weighted by atomic mass is 9.86. The molecular weight excluding hydrogens is 355 g/mol. The van der Waals surface area contributed by atoms with E-state index in [0.29, 0.717) is 15.6 Å².